The zero-order valence-corrected chi connectivity index (χ0v) is 16.6. The number of hydrogen-bond donors (Lipinski definition) is 2. The molecule has 2 rings (SSSR count). The van der Waals surface area contributed by atoms with E-state index in [1.165, 1.54) is 0 Å². The summed E-state index contributed by atoms with van der Waals surface area (Å²) in [5.41, 5.74) is 3.12. The van der Waals surface area contributed by atoms with E-state index in [1.54, 1.807) is 31.2 Å². The number of carbonyl (C=O) groups is 2. The summed E-state index contributed by atoms with van der Waals surface area (Å²) >= 11 is 0. The molecule has 2 aromatic rings. The highest BCUT2D eigenvalue weighted by Crippen LogP contribution is 2.21. The van der Waals surface area contributed by atoms with Gasteiger partial charge in [0.15, 0.2) is 6.10 Å². The molecule has 27 heavy (non-hydrogen) atoms. The van der Waals surface area contributed by atoms with E-state index in [2.05, 4.69) is 10.6 Å². The van der Waals surface area contributed by atoms with Crippen LogP contribution in [-0.4, -0.2) is 24.0 Å². The summed E-state index contributed by atoms with van der Waals surface area (Å²) in [6.07, 6.45) is 0.193. The van der Waals surface area contributed by atoms with Crippen LogP contribution in [0.25, 0.3) is 0 Å². The van der Waals surface area contributed by atoms with Crippen molar-refractivity contribution in [3.63, 3.8) is 0 Å². The molecule has 2 atom stereocenters. The van der Waals surface area contributed by atoms with Crippen LogP contribution in [-0.2, 0) is 4.79 Å². The normalized spacial score (nSPS) is 12.8. The summed E-state index contributed by atoms with van der Waals surface area (Å²) in [4.78, 5) is 24.7. The van der Waals surface area contributed by atoms with Crippen molar-refractivity contribution in [2.45, 2.75) is 53.2 Å². The molecule has 2 amide bonds. The maximum absolute atomic E-state index is 12.5. The second-order valence-electron chi connectivity index (χ2n) is 6.88. The third-order valence-corrected chi connectivity index (χ3v) is 4.40. The number of ether oxygens (including phenoxy) is 1. The highest BCUT2D eigenvalue weighted by atomic mass is 16.5. The number of aryl methyl sites for hydroxylation is 2. The number of benzene rings is 2. The Morgan fingerprint density at radius 1 is 1.07 bits per heavy atom. The lowest BCUT2D eigenvalue weighted by atomic mass is 10.1. The van der Waals surface area contributed by atoms with Crippen LogP contribution in [0.3, 0.4) is 0 Å². The molecule has 0 heterocycles. The third kappa shape index (κ3) is 5.84. The van der Waals surface area contributed by atoms with Crippen molar-refractivity contribution in [1.82, 2.24) is 5.32 Å². The van der Waals surface area contributed by atoms with E-state index in [0.29, 0.717) is 17.0 Å². The maximum Gasteiger partial charge on any atom is 0.265 e. The molecule has 0 fully saturated rings. The summed E-state index contributed by atoms with van der Waals surface area (Å²) in [7, 11) is 0. The molecular weight excluding hydrogens is 340 g/mol. The molecule has 144 valence electrons. The average Bonchev–Trinajstić information content (AvgIpc) is 2.64. The summed E-state index contributed by atoms with van der Waals surface area (Å²) in [6, 6.07) is 12.9. The van der Waals surface area contributed by atoms with Crippen LogP contribution in [0.2, 0.25) is 0 Å². The monoisotopic (exact) mass is 368 g/mol. The van der Waals surface area contributed by atoms with E-state index in [9.17, 15) is 9.59 Å². The van der Waals surface area contributed by atoms with Crippen LogP contribution >= 0.6 is 0 Å². The molecule has 0 aliphatic heterocycles. The summed E-state index contributed by atoms with van der Waals surface area (Å²) in [5, 5.41) is 5.73. The van der Waals surface area contributed by atoms with Gasteiger partial charge in [0.2, 0.25) is 0 Å². The van der Waals surface area contributed by atoms with Gasteiger partial charge in [-0.25, -0.2) is 0 Å². The van der Waals surface area contributed by atoms with Gasteiger partial charge in [-0.15, -0.1) is 0 Å². The van der Waals surface area contributed by atoms with E-state index in [1.807, 2.05) is 45.9 Å². The Bertz CT molecular complexity index is 817. The Morgan fingerprint density at radius 2 is 1.81 bits per heavy atom. The molecule has 0 aromatic heterocycles. The molecule has 5 heteroatoms. The van der Waals surface area contributed by atoms with Gasteiger partial charge in [-0.1, -0.05) is 25.1 Å². The second kappa shape index (κ2) is 9.21. The largest absolute Gasteiger partial charge is 0.481 e. The zero-order valence-electron chi connectivity index (χ0n) is 16.6. The van der Waals surface area contributed by atoms with Crippen LogP contribution in [0.1, 0.15) is 48.7 Å². The molecule has 0 aliphatic carbocycles. The number of anilines is 1. The number of hydrogen-bond acceptors (Lipinski definition) is 3. The lowest BCUT2D eigenvalue weighted by Gasteiger charge is -2.17. The average molecular weight is 368 g/mol. The van der Waals surface area contributed by atoms with E-state index < -0.39 is 6.10 Å². The Balaban J connectivity index is 2.03. The van der Waals surface area contributed by atoms with Crippen molar-refractivity contribution in [2.24, 2.45) is 0 Å². The lowest BCUT2D eigenvalue weighted by molar-refractivity contribution is -0.122. The standard InChI is InChI=1S/C22H28N2O3/c1-6-16(4)23-22(26)18-8-7-9-19(13-18)24-21(25)17(5)27-20-12-14(2)10-11-15(20)3/h7-13,16-17H,6H2,1-5H3,(H,23,26)(H,24,25). The minimum absolute atomic E-state index is 0.0988. The fourth-order valence-corrected chi connectivity index (χ4v) is 2.47. The first kappa shape index (κ1) is 20.5. The van der Waals surface area contributed by atoms with Crippen molar-refractivity contribution < 1.29 is 14.3 Å². The first-order chi connectivity index (χ1) is 12.8. The van der Waals surface area contributed by atoms with Crippen molar-refractivity contribution in [1.29, 1.82) is 0 Å². The smallest absolute Gasteiger partial charge is 0.265 e. The summed E-state index contributed by atoms with van der Waals surface area (Å²) in [5.74, 6) is 0.273. The van der Waals surface area contributed by atoms with E-state index in [0.717, 1.165) is 17.5 Å². The third-order valence-electron chi connectivity index (χ3n) is 4.40. The molecule has 0 saturated heterocycles. The SMILES string of the molecule is CCC(C)NC(=O)c1cccc(NC(=O)C(C)Oc2cc(C)ccc2C)c1. The van der Waals surface area contributed by atoms with Crippen molar-refractivity contribution in [3.05, 3.63) is 59.2 Å². The highest BCUT2D eigenvalue weighted by molar-refractivity contribution is 5.98. The first-order valence-corrected chi connectivity index (χ1v) is 9.25. The minimum atomic E-state index is -0.664. The van der Waals surface area contributed by atoms with Crippen molar-refractivity contribution >= 4 is 17.5 Å². The van der Waals surface area contributed by atoms with E-state index in [-0.39, 0.29) is 17.9 Å². The van der Waals surface area contributed by atoms with Gasteiger partial charge in [-0.05, 0) is 69.5 Å². The predicted octanol–water partition coefficient (Wildman–Crippen LogP) is 4.24. The van der Waals surface area contributed by atoms with Crippen LogP contribution in [0, 0.1) is 13.8 Å². The molecule has 2 aromatic carbocycles. The Hall–Kier alpha value is -2.82. The maximum atomic E-state index is 12.5. The molecule has 2 unspecified atom stereocenters. The van der Waals surface area contributed by atoms with Crippen LogP contribution in [0.4, 0.5) is 5.69 Å². The van der Waals surface area contributed by atoms with Gasteiger partial charge in [-0.3, -0.25) is 9.59 Å². The predicted molar refractivity (Wildman–Crippen MR) is 108 cm³/mol. The second-order valence-corrected chi connectivity index (χ2v) is 6.88. The molecular formula is C22H28N2O3. The van der Waals surface area contributed by atoms with Gasteiger partial charge in [-0.2, -0.15) is 0 Å². The van der Waals surface area contributed by atoms with Gasteiger partial charge >= 0.3 is 0 Å². The number of amides is 2. The van der Waals surface area contributed by atoms with E-state index in [4.69, 9.17) is 4.74 Å². The van der Waals surface area contributed by atoms with Gasteiger partial charge in [0.1, 0.15) is 5.75 Å². The van der Waals surface area contributed by atoms with Crippen molar-refractivity contribution in [3.8, 4) is 5.75 Å². The van der Waals surface area contributed by atoms with Gasteiger partial charge in [0, 0.05) is 17.3 Å². The Morgan fingerprint density at radius 3 is 2.52 bits per heavy atom. The molecule has 0 spiro atoms. The zero-order chi connectivity index (χ0) is 20.0. The van der Waals surface area contributed by atoms with Crippen LogP contribution in [0.15, 0.2) is 42.5 Å². The first-order valence-electron chi connectivity index (χ1n) is 9.25. The lowest BCUT2D eigenvalue weighted by Crippen LogP contribution is -2.32. The molecule has 0 saturated carbocycles. The quantitative estimate of drug-likeness (QED) is 0.768. The Labute approximate surface area is 161 Å². The van der Waals surface area contributed by atoms with Crippen LogP contribution in [0.5, 0.6) is 5.75 Å². The number of carbonyl (C=O) groups excluding carboxylic acids is 2. The summed E-state index contributed by atoms with van der Waals surface area (Å²) in [6.45, 7) is 9.59. The van der Waals surface area contributed by atoms with Crippen molar-refractivity contribution in [2.75, 3.05) is 5.32 Å². The number of rotatable bonds is 7. The number of nitrogens with one attached hydrogen (secondary N) is 2. The molecule has 0 bridgehead atoms. The fourth-order valence-electron chi connectivity index (χ4n) is 2.47. The van der Waals surface area contributed by atoms with Crippen LogP contribution < -0.4 is 15.4 Å². The van der Waals surface area contributed by atoms with Gasteiger partial charge in [0.25, 0.3) is 11.8 Å². The van der Waals surface area contributed by atoms with Gasteiger partial charge < -0.3 is 15.4 Å². The Kier molecular flexibility index (Phi) is 6.99. The molecule has 0 radical (unpaired) electrons. The molecule has 5 nitrogen and oxygen atoms in total. The molecule has 0 aliphatic rings. The summed E-state index contributed by atoms with van der Waals surface area (Å²) < 4.78 is 5.81. The fraction of sp³-hybridized carbons (Fsp3) is 0.364. The topological polar surface area (TPSA) is 67.4 Å². The highest BCUT2D eigenvalue weighted by Gasteiger charge is 2.17. The molecule has 2 N–H and O–H groups in total. The van der Waals surface area contributed by atoms with Gasteiger partial charge in [0.05, 0.1) is 0 Å². The van der Waals surface area contributed by atoms with E-state index >= 15 is 0 Å². The minimum Gasteiger partial charge on any atom is -0.481 e.